The molecule has 2 rings (SSSR count). The summed E-state index contributed by atoms with van der Waals surface area (Å²) in [6, 6.07) is -0.432. The molecule has 2 amide bonds. The highest BCUT2D eigenvalue weighted by Crippen LogP contribution is 2.32. The van der Waals surface area contributed by atoms with Crippen LogP contribution in [-0.4, -0.2) is 49.1 Å². The number of carbonyl (C=O) groups is 2. The number of nitrogens with one attached hydrogen (secondary N) is 1. The molecule has 5 nitrogen and oxygen atoms in total. The molecular formula is C18H32N2O3. The van der Waals surface area contributed by atoms with Crippen LogP contribution in [-0.2, 0) is 14.3 Å². The van der Waals surface area contributed by atoms with Crippen LogP contribution in [0.25, 0.3) is 0 Å². The molecule has 1 saturated heterocycles. The van der Waals surface area contributed by atoms with E-state index >= 15 is 0 Å². The third-order valence-corrected chi connectivity index (χ3v) is 5.24. The van der Waals surface area contributed by atoms with Crippen molar-refractivity contribution in [2.45, 2.75) is 64.8 Å². The Morgan fingerprint density at radius 2 is 1.83 bits per heavy atom. The predicted octanol–water partition coefficient (Wildman–Crippen LogP) is 2.35. The van der Waals surface area contributed by atoms with Gasteiger partial charge in [-0.2, -0.15) is 0 Å². The molecule has 1 saturated carbocycles. The van der Waals surface area contributed by atoms with Gasteiger partial charge in [-0.3, -0.25) is 9.59 Å². The second kappa shape index (κ2) is 9.26. The fourth-order valence-electron chi connectivity index (χ4n) is 3.66. The van der Waals surface area contributed by atoms with Crippen molar-refractivity contribution in [3.8, 4) is 0 Å². The highest BCUT2D eigenvalue weighted by molar-refractivity contribution is 5.88. The van der Waals surface area contributed by atoms with E-state index in [0.29, 0.717) is 26.3 Å². The summed E-state index contributed by atoms with van der Waals surface area (Å²) in [4.78, 5) is 26.5. The molecule has 0 spiro atoms. The van der Waals surface area contributed by atoms with Crippen molar-refractivity contribution in [1.82, 2.24) is 10.2 Å². The van der Waals surface area contributed by atoms with Crippen LogP contribution < -0.4 is 5.32 Å². The van der Waals surface area contributed by atoms with Crippen molar-refractivity contribution < 1.29 is 14.3 Å². The number of ether oxygens (including phenoxy) is 1. The molecule has 1 aliphatic carbocycles. The lowest BCUT2D eigenvalue weighted by Crippen LogP contribution is -2.51. The van der Waals surface area contributed by atoms with Gasteiger partial charge in [-0.05, 0) is 38.5 Å². The molecule has 0 aromatic carbocycles. The first-order valence-electron chi connectivity index (χ1n) is 9.28. The van der Waals surface area contributed by atoms with Gasteiger partial charge in [0.15, 0.2) is 0 Å². The van der Waals surface area contributed by atoms with Gasteiger partial charge in [0.1, 0.15) is 6.04 Å². The SMILES string of the molecule is CCCCC1CCC(C(=O)NC(C)C(=O)N2CCOCC2)CC1. The van der Waals surface area contributed by atoms with Crippen LogP contribution in [0.2, 0.25) is 0 Å². The second-order valence-corrected chi connectivity index (χ2v) is 7.03. The highest BCUT2D eigenvalue weighted by Gasteiger charge is 2.29. The smallest absolute Gasteiger partial charge is 0.245 e. The van der Waals surface area contributed by atoms with Crippen LogP contribution in [0.1, 0.15) is 58.8 Å². The van der Waals surface area contributed by atoms with E-state index in [2.05, 4.69) is 12.2 Å². The van der Waals surface area contributed by atoms with Gasteiger partial charge in [-0.25, -0.2) is 0 Å². The number of hydrogen-bond acceptors (Lipinski definition) is 3. The van der Waals surface area contributed by atoms with E-state index in [-0.39, 0.29) is 17.7 Å². The lowest BCUT2D eigenvalue weighted by molar-refractivity contribution is -0.140. The third kappa shape index (κ3) is 5.48. The van der Waals surface area contributed by atoms with Gasteiger partial charge in [0, 0.05) is 19.0 Å². The van der Waals surface area contributed by atoms with Crippen molar-refractivity contribution in [1.29, 1.82) is 0 Å². The summed E-state index contributed by atoms with van der Waals surface area (Å²) >= 11 is 0. The van der Waals surface area contributed by atoms with E-state index in [0.717, 1.165) is 31.6 Å². The topological polar surface area (TPSA) is 58.6 Å². The summed E-state index contributed by atoms with van der Waals surface area (Å²) in [5.41, 5.74) is 0. The van der Waals surface area contributed by atoms with E-state index in [1.54, 1.807) is 11.8 Å². The van der Waals surface area contributed by atoms with Crippen molar-refractivity contribution in [2.75, 3.05) is 26.3 Å². The maximum atomic E-state index is 12.4. The van der Waals surface area contributed by atoms with Gasteiger partial charge in [0.25, 0.3) is 0 Å². The molecule has 0 aromatic rings. The minimum Gasteiger partial charge on any atom is -0.378 e. The van der Waals surface area contributed by atoms with Crippen molar-refractivity contribution in [3.05, 3.63) is 0 Å². The van der Waals surface area contributed by atoms with Crippen LogP contribution in [0.4, 0.5) is 0 Å². The van der Waals surface area contributed by atoms with Crippen LogP contribution in [0, 0.1) is 11.8 Å². The largest absolute Gasteiger partial charge is 0.378 e. The molecule has 1 N–H and O–H groups in total. The Labute approximate surface area is 140 Å². The Bertz CT molecular complexity index is 386. The Hall–Kier alpha value is -1.10. The van der Waals surface area contributed by atoms with E-state index in [9.17, 15) is 9.59 Å². The second-order valence-electron chi connectivity index (χ2n) is 7.03. The molecule has 132 valence electrons. The number of carbonyl (C=O) groups excluding carboxylic acids is 2. The molecule has 1 unspecified atom stereocenters. The maximum Gasteiger partial charge on any atom is 0.245 e. The zero-order valence-corrected chi connectivity index (χ0v) is 14.7. The van der Waals surface area contributed by atoms with Gasteiger partial charge < -0.3 is 15.0 Å². The molecule has 0 aromatic heterocycles. The van der Waals surface area contributed by atoms with Crippen LogP contribution in [0.15, 0.2) is 0 Å². The van der Waals surface area contributed by atoms with E-state index in [1.165, 1.54) is 19.3 Å². The van der Waals surface area contributed by atoms with Crippen molar-refractivity contribution in [2.24, 2.45) is 11.8 Å². The Kier molecular flexibility index (Phi) is 7.34. The lowest BCUT2D eigenvalue weighted by atomic mass is 9.79. The minimum absolute atomic E-state index is 0.0123. The molecule has 23 heavy (non-hydrogen) atoms. The number of morpholine rings is 1. The lowest BCUT2D eigenvalue weighted by Gasteiger charge is -2.31. The van der Waals surface area contributed by atoms with E-state index in [4.69, 9.17) is 4.74 Å². The van der Waals surface area contributed by atoms with Gasteiger partial charge >= 0.3 is 0 Å². The first-order valence-corrected chi connectivity index (χ1v) is 9.28. The molecule has 1 aliphatic heterocycles. The van der Waals surface area contributed by atoms with Crippen LogP contribution in [0.3, 0.4) is 0 Å². The van der Waals surface area contributed by atoms with E-state index in [1.807, 2.05) is 0 Å². The molecule has 1 atom stereocenters. The number of rotatable bonds is 6. The van der Waals surface area contributed by atoms with Gasteiger partial charge in [0.05, 0.1) is 13.2 Å². The number of nitrogens with zero attached hydrogens (tertiary/aromatic N) is 1. The maximum absolute atomic E-state index is 12.4. The van der Waals surface area contributed by atoms with Crippen LogP contribution in [0.5, 0.6) is 0 Å². The summed E-state index contributed by atoms with van der Waals surface area (Å²) in [5.74, 6) is 0.963. The molecule has 2 aliphatic rings. The summed E-state index contributed by atoms with van der Waals surface area (Å²) < 4.78 is 5.26. The van der Waals surface area contributed by atoms with Crippen molar-refractivity contribution >= 4 is 11.8 Å². The normalized spacial score (nSPS) is 26.6. The average molecular weight is 324 g/mol. The number of unbranched alkanes of at least 4 members (excludes halogenated alkanes) is 1. The van der Waals surface area contributed by atoms with Gasteiger partial charge in [0.2, 0.25) is 11.8 Å². The summed E-state index contributed by atoms with van der Waals surface area (Å²) in [6.07, 6.45) is 8.11. The van der Waals surface area contributed by atoms with E-state index < -0.39 is 6.04 Å². The molecule has 0 bridgehead atoms. The van der Waals surface area contributed by atoms with Gasteiger partial charge in [-0.15, -0.1) is 0 Å². The first kappa shape index (κ1) is 18.2. The molecular weight excluding hydrogens is 292 g/mol. The zero-order chi connectivity index (χ0) is 16.7. The number of amides is 2. The summed E-state index contributed by atoms with van der Waals surface area (Å²) in [7, 11) is 0. The molecule has 0 radical (unpaired) electrons. The molecule has 5 heteroatoms. The Morgan fingerprint density at radius 3 is 2.43 bits per heavy atom. The number of hydrogen-bond donors (Lipinski definition) is 1. The quantitative estimate of drug-likeness (QED) is 0.816. The molecule has 2 fully saturated rings. The fourth-order valence-corrected chi connectivity index (χ4v) is 3.66. The zero-order valence-electron chi connectivity index (χ0n) is 14.7. The summed E-state index contributed by atoms with van der Waals surface area (Å²) in [5, 5.41) is 2.93. The third-order valence-electron chi connectivity index (χ3n) is 5.24. The fraction of sp³-hybridized carbons (Fsp3) is 0.889. The predicted molar refractivity (Wildman–Crippen MR) is 90.0 cm³/mol. The molecule has 1 heterocycles. The van der Waals surface area contributed by atoms with Crippen molar-refractivity contribution in [3.63, 3.8) is 0 Å². The Balaban J connectivity index is 1.72. The standard InChI is InChI=1S/C18H32N2O3/c1-3-4-5-15-6-8-16(9-7-15)17(21)19-14(2)18(22)20-10-12-23-13-11-20/h14-16H,3-13H2,1-2H3,(H,19,21). The van der Waals surface area contributed by atoms with Crippen LogP contribution >= 0.6 is 0 Å². The highest BCUT2D eigenvalue weighted by atomic mass is 16.5. The first-order chi connectivity index (χ1) is 11.1. The Morgan fingerprint density at radius 1 is 1.17 bits per heavy atom. The summed E-state index contributed by atoms with van der Waals surface area (Å²) in [6.45, 7) is 6.46. The monoisotopic (exact) mass is 324 g/mol. The average Bonchev–Trinajstić information content (AvgIpc) is 2.60. The minimum atomic E-state index is -0.432. The van der Waals surface area contributed by atoms with Gasteiger partial charge in [-0.1, -0.05) is 26.2 Å².